The molecule has 0 radical (unpaired) electrons. The Morgan fingerprint density at radius 2 is 2.03 bits per heavy atom. The molecule has 0 unspecified atom stereocenters. The van der Waals surface area contributed by atoms with Gasteiger partial charge in [-0.15, -0.1) is 0 Å². The normalized spacial score (nSPS) is 31.5. The van der Waals surface area contributed by atoms with Crippen LogP contribution < -0.4 is 15.6 Å². The first-order chi connectivity index (χ1) is 14.4. The summed E-state index contributed by atoms with van der Waals surface area (Å²) in [6.07, 6.45) is 5.90. The van der Waals surface area contributed by atoms with Crippen molar-refractivity contribution in [2.45, 2.75) is 37.6 Å². The Balaban J connectivity index is 1.54. The third-order valence-electron chi connectivity index (χ3n) is 7.23. The quantitative estimate of drug-likeness (QED) is 0.749. The number of hydrogen-bond donors (Lipinski definition) is 2. The molecule has 1 heterocycles. The van der Waals surface area contributed by atoms with Crippen molar-refractivity contribution in [2.75, 3.05) is 12.4 Å². The van der Waals surface area contributed by atoms with Crippen LogP contribution in [0.25, 0.3) is 0 Å². The van der Waals surface area contributed by atoms with Crippen molar-refractivity contribution < 1.29 is 14.6 Å². The molecule has 2 aromatic rings. The Labute approximate surface area is 179 Å². The fraction of sp³-hybridized carbons (Fsp3) is 0.500. The van der Waals surface area contributed by atoms with Crippen LogP contribution >= 0.6 is 11.6 Å². The van der Waals surface area contributed by atoms with Gasteiger partial charge < -0.3 is 15.2 Å². The molecule has 1 aromatic carbocycles. The number of methoxy groups -OCH3 is 1. The van der Waals surface area contributed by atoms with Gasteiger partial charge >= 0.3 is 5.97 Å². The van der Waals surface area contributed by atoms with Crippen LogP contribution in [0, 0.1) is 23.7 Å². The van der Waals surface area contributed by atoms with E-state index in [0.29, 0.717) is 41.8 Å². The Morgan fingerprint density at radius 1 is 1.30 bits per heavy atom. The molecular formula is C22H24ClN3O4. The van der Waals surface area contributed by atoms with E-state index in [4.69, 9.17) is 16.3 Å². The van der Waals surface area contributed by atoms with Gasteiger partial charge in [-0.3, -0.25) is 9.59 Å². The number of anilines is 2. The summed E-state index contributed by atoms with van der Waals surface area (Å²) in [5.74, 6) is 0.275. The van der Waals surface area contributed by atoms with Crippen molar-refractivity contribution >= 4 is 28.9 Å². The van der Waals surface area contributed by atoms with Gasteiger partial charge in [-0.2, -0.15) is 5.10 Å². The van der Waals surface area contributed by atoms with Crippen LogP contribution in [-0.2, 0) is 10.3 Å². The summed E-state index contributed by atoms with van der Waals surface area (Å²) >= 11 is 6.47. The molecule has 2 N–H and O–H groups in total. The maximum Gasteiger partial charge on any atom is 0.309 e. The summed E-state index contributed by atoms with van der Waals surface area (Å²) in [7, 11) is 1.58. The molecule has 0 amide bonds. The molecule has 7 nitrogen and oxygen atoms in total. The molecule has 1 aromatic heterocycles. The fourth-order valence-corrected chi connectivity index (χ4v) is 6.60. The highest BCUT2D eigenvalue weighted by Crippen LogP contribution is 2.61. The van der Waals surface area contributed by atoms with Crippen LogP contribution in [0.4, 0.5) is 11.4 Å². The maximum atomic E-state index is 13.3. The van der Waals surface area contributed by atoms with Gasteiger partial charge in [0.1, 0.15) is 10.8 Å². The summed E-state index contributed by atoms with van der Waals surface area (Å²) in [5.41, 5.74) is -0.107. The van der Waals surface area contributed by atoms with Crippen LogP contribution in [0.2, 0.25) is 5.02 Å². The Morgan fingerprint density at radius 3 is 2.70 bits per heavy atom. The number of carboxylic acid groups (broad SMARTS) is 1. The lowest BCUT2D eigenvalue weighted by atomic mass is 9.48. The number of ether oxygens (including phenoxy) is 1. The second-order valence-corrected chi connectivity index (χ2v) is 9.35. The van der Waals surface area contributed by atoms with Crippen LogP contribution in [0.5, 0.6) is 5.75 Å². The molecule has 0 aliphatic heterocycles. The summed E-state index contributed by atoms with van der Waals surface area (Å²) in [6.45, 7) is 0. The van der Waals surface area contributed by atoms with E-state index in [-0.39, 0.29) is 10.9 Å². The largest absolute Gasteiger partial charge is 0.497 e. The first-order valence-electron chi connectivity index (χ1n) is 10.3. The van der Waals surface area contributed by atoms with E-state index in [9.17, 15) is 14.7 Å². The summed E-state index contributed by atoms with van der Waals surface area (Å²) in [6, 6.07) is 7.28. The molecule has 4 bridgehead atoms. The Bertz CT molecular complexity index is 1050. The van der Waals surface area contributed by atoms with Gasteiger partial charge in [-0.25, -0.2) is 4.68 Å². The molecule has 6 rings (SSSR count). The van der Waals surface area contributed by atoms with E-state index in [1.807, 2.05) is 18.2 Å². The van der Waals surface area contributed by atoms with Crippen LogP contribution in [0.3, 0.4) is 0 Å². The number of carboxylic acids is 1. The van der Waals surface area contributed by atoms with E-state index < -0.39 is 23.0 Å². The first-order valence-corrected chi connectivity index (χ1v) is 10.7. The molecule has 4 aliphatic rings. The number of carbonyl (C=O) groups is 1. The van der Waals surface area contributed by atoms with Gasteiger partial charge in [-0.05, 0) is 62.0 Å². The topological polar surface area (TPSA) is 93.4 Å². The van der Waals surface area contributed by atoms with E-state index in [2.05, 4.69) is 10.4 Å². The van der Waals surface area contributed by atoms with Gasteiger partial charge in [-0.1, -0.05) is 17.7 Å². The average Bonchev–Trinajstić information content (AvgIpc) is 2.70. The number of rotatable bonds is 5. The maximum absolute atomic E-state index is 13.3. The predicted octanol–water partition coefficient (Wildman–Crippen LogP) is 3.88. The predicted molar refractivity (Wildman–Crippen MR) is 112 cm³/mol. The molecular weight excluding hydrogens is 406 g/mol. The lowest BCUT2D eigenvalue weighted by Crippen LogP contribution is -2.63. The van der Waals surface area contributed by atoms with Crippen LogP contribution in [0.1, 0.15) is 32.1 Å². The first kappa shape index (κ1) is 19.4. The van der Waals surface area contributed by atoms with Crippen molar-refractivity contribution in [1.29, 1.82) is 0 Å². The fourth-order valence-electron chi connectivity index (χ4n) is 6.43. The number of nitrogens with zero attached hydrogens (tertiary/aromatic N) is 2. The number of benzene rings is 1. The SMILES string of the molecule is COc1cccc(Nc2cnn(C34C[C@@H]5CC(C[C@H](C5)C3)[C@H]4C(=O)O)c(=O)c2Cl)c1. The Hall–Kier alpha value is -2.54. The highest BCUT2D eigenvalue weighted by Gasteiger charge is 2.61. The van der Waals surface area contributed by atoms with Crippen LogP contribution in [-0.4, -0.2) is 28.0 Å². The van der Waals surface area contributed by atoms with E-state index >= 15 is 0 Å². The van der Waals surface area contributed by atoms with Crippen molar-refractivity contribution in [3.8, 4) is 5.75 Å². The highest BCUT2D eigenvalue weighted by atomic mass is 35.5. The number of aromatic nitrogens is 2. The van der Waals surface area contributed by atoms with Crippen molar-refractivity contribution in [3.05, 3.63) is 45.8 Å². The van der Waals surface area contributed by atoms with E-state index in [0.717, 1.165) is 19.3 Å². The third kappa shape index (κ3) is 2.90. The lowest BCUT2D eigenvalue weighted by Gasteiger charge is -2.59. The van der Waals surface area contributed by atoms with Gasteiger partial charge in [0, 0.05) is 11.8 Å². The van der Waals surface area contributed by atoms with Crippen molar-refractivity contribution in [1.82, 2.24) is 9.78 Å². The molecule has 30 heavy (non-hydrogen) atoms. The molecule has 0 saturated heterocycles. The monoisotopic (exact) mass is 429 g/mol. The molecule has 0 spiro atoms. The second kappa shape index (κ2) is 7.01. The molecule has 8 heteroatoms. The number of aliphatic carboxylic acids is 1. The minimum absolute atomic E-state index is 0.0210. The molecule has 158 valence electrons. The zero-order valence-corrected chi connectivity index (χ0v) is 17.4. The van der Waals surface area contributed by atoms with Gasteiger partial charge in [0.2, 0.25) is 0 Å². The second-order valence-electron chi connectivity index (χ2n) is 8.97. The highest BCUT2D eigenvalue weighted by molar-refractivity contribution is 6.33. The summed E-state index contributed by atoms with van der Waals surface area (Å²) < 4.78 is 6.63. The Kier molecular flexibility index (Phi) is 4.54. The molecule has 4 aliphatic carbocycles. The standard InChI is InChI=1S/C22H24ClN3O4/c1-30-16-4-2-3-15(8-16)25-17-11-24-26(20(27)19(17)23)22-9-12-5-13(10-22)7-14(6-12)18(22)21(28)29/h2-4,8,11-14,18,25H,5-7,9-10H2,1H3,(H,28,29)/t12-,13-,14?,18-,22?/m0/s1. The zero-order chi connectivity index (χ0) is 21.0. The third-order valence-corrected chi connectivity index (χ3v) is 7.59. The minimum Gasteiger partial charge on any atom is -0.497 e. The van der Waals surface area contributed by atoms with Gasteiger partial charge in [0.05, 0.1) is 30.5 Å². The average molecular weight is 430 g/mol. The van der Waals surface area contributed by atoms with Crippen molar-refractivity contribution in [3.63, 3.8) is 0 Å². The van der Waals surface area contributed by atoms with Gasteiger partial charge in [0.25, 0.3) is 5.56 Å². The minimum atomic E-state index is -0.831. The van der Waals surface area contributed by atoms with Crippen molar-refractivity contribution in [2.24, 2.45) is 23.7 Å². The number of nitrogens with one attached hydrogen (secondary N) is 1. The van der Waals surface area contributed by atoms with Gasteiger partial charge in [0.15, 0.2) is 0 Å². The van der Waals surface area contributed by atoms with E-state index in [1.54, 1.807) is 13.2 Å². The summed E-state index contributed by atoms with van der Waals surface area (Å²) in [4.78, 5) is 25.5. The smallest absolute Gasteiger partial charge is 0.309 e. The zero-order valence-electron chi connectivity index (χ0n) is 16.7. The number of hydrogen-bond acceptors (Lipinski definition) is 5. The molecule has 4 fully saturated rings. The van der Waals surface area contributed by atoms with E-state index in [1.165, 1.54) is 10.9 Å². The molecule has 4 saturated carbocycles. The van der Waals surface area contributed by atoms with Crippen LogP contribution in [0.15, 0.2) is 35.3 Å². The molecule has 3 atom stereocenters. The lowest BCUT2D eigenvalue weighted by molar-refractivity contribution is -0.168. The summed E-state index contributed by atoms with van der Waals surface area (Å²) in [5, 5.41) is 17.6. The number of halogens is 1.